The van der Waals surface area contributed by atoms with E-state index in [1.54, 1.807) is 30.3 Å². The molecule has 0 aliphatic carbocycles. The number of hydrogen-bond acceptors (Lipinski definition) is 12. The molecule has 3 N–H and O–H groups in total. The number of anilines is 1. The molecule has 16 heteroatoms. The minimum Gasteiger partial charge on any atom is -0.508 e. The Morgan fingerprint density at radius 1 is 0.768 bits per heavy atom. The Morgan fingerprint density at radius 2 is 1.43 bits per heavy atom. The normalized spacial score (nSPS) is 19.8. The molecule has 0 saturated carbocycles. The molecule has 1 saturated heterocycles. The van der Waals surface area contributed by atoms with Crippen LogP contribution in [-0.2, 0) is 48.3 Å². The van der Waals surface area contributed by atoms with Crippen LogP contribution < -0.4 is 20.8 Å². The number of rotatable bonds is 14. The van der Waals surface area contributed by atoms with Gasteiger partial charge in [-0.2, -0.15) is 0 Å². The van der Waals surface area contributed by atoms with Crippen LogP contribution in [0.25, 0.3) is 0 Å². The van der Waals surface area contributed by atoms with E-state index < -0.39 is 41.7 Å². The molecular weight excluding hydrogens is 725 g/mol. The van der Waals surface area contributed by atoms with Crippen LogP contribution in [0, 0.1) is 0 Å². The lowest BCUT2D eigenvalue weighted by molar-refractivity contribution is -0.137. The summed E-state index contributed by atoms with van der Waals surface area (Å²) in [5, 5.41) is 16.0. The van der Waals surface area contributed by atoms with Crippen molar-refractivity contribution in [1.29, 1.82) is 0 Å². The monoisotopic (exact) mass is 767 g/mol. The van der Waals surface area contributed by atoms with Crippen molar-refractivity contribution >= 4 is 47.9 Å². The maximum absolute atomic E-state index is 13.5. The lowest BCUT2D eigenvalue weighted by Gasteiger charge is -2.37. The summed E-state index contributed by atoms with van der Waals surface area (Å²) in [5.74, 6) is -1.38. The first-order chi connectivity index (χ1) is 26.7. The Kier molecular flexibility index (Phi) is 10.5. The van der Waals surface area contributed by atoms with Gasteiger partial charge in [0, 0.05) is 60.1 Å². The highest BCUT2D eigenvalue weighted by Gasteiger charge is 2.55. The third-order valence-corrected chi connectivity index (χ3v) is 10.5. The summed E-state index contributed by atoms with van der Waals surface area (Å²) in [4.78, 5) is 62.6. The summed E-state index contributed by atoms with van der Waals surface area (Å²) >= 11 is 0. The van der Waals surface area contributed by atoms with E-state index in [1.165, 1.54) is 24.3 Å². The zero-order valence-corrected chi connectivity index (χ0v) is 31.5. The van der Waals surface area contributed by atoms with Crippen LogP contribution in [0.3, 0.4) is 0 Å². The molecule has 4 aliphatic heterocycles. The zero-order valence-electron chi connectivity index (χ0n) is 31.5. The largest absolute Gasteiger partial charge is 0.508 e. The molecule has 56 heavy (non-hydrogen) atoms. The van der Waals surface area contributed by atoms with Crippen molar-refractivity contribution in [3.8, 4) is 17.2 Å². The summed E-state index contributed by atoms with van der Waals surface area (Å²) in [6.45, 7) is 8.94. The average Bonchev–Trinajstić information content (AvgIpc) is 3.71. The lowest BCUT2D eigenvalue weighted by atomic mass is 9.73. The second kappa shape index (κ2) is 15.2. The van der Waals surface area contributed by atoms with E-state index in [0.717, 1.165) is 4.90 Å². The van der Waals surface area contributed by atoms with Crippen molar-refractivity contribution in [2.24, 2.45) is 0 Å². The van der Waals surface area contributed by atoms with E-state index in [1.807, 2.05) is 39.8 Å². The number of carbonyl (C=O) groups is 5. The molecule has 4 heterocycles. The number of phenolic OH excluding ortho intramolecular Hbond substituents is 1. The fourth-order valence-corrected chi connectivity index (χ4v) is 6.86. The minimum absolute atomic E-state index is 0.00400. The maximum atomic E-state index is 13.5. The minimum atomic E-state index is -1.45. The molecule has 3 aromatic rings. The van der Waals surface area contributed by atoms with Gasteiger partial charge in [0.15, 0.2) is 5.60 Å². The third-order valence-electron chi connectivity index (χ3n) is 10.5. The second-order valence-corrected chi connectivity index (χ2v) is 14.7. The van der Waals surface area contributed by atoms with E-state index in [2.05, 4.69) is 10.6 Å². The van der Waals surface area contributed by atoms with Crippen molar-refractivity contribution in [3.63, 3.8) is 0 Å². The number of benzene rings is 3. The standard InChI is InChI=1S/C40H42BN3O12/c1-38(2)39(3,4)56-41(55-38)24-5-9-28-31(21-24)53-32-23-26(45)7-10-29(32)40(28)30-22-25(6-8-27(30)37(50)54-40)43-34(47)14-17-51-19-20-52-18-15-42-33(46)13-16-44-35(48)11-12-36(44)49/h5-12,21-23,45H,13-20H2,1-4H3,(H,42,46)(H,43,47). The Hall–Kier alpha value is -5.55. The molecule has 0 radical (unpaired) electrons. The van der Waals surface area contributed by atoms with Gasteiger partial charge >= 0.3 is 13.1 Å². The SMILES string of the molecule is CC1(C)OB(c2ccc3c(c2)Oc2cc(O)ccc2C32OC(=O)c3ccc(NC(=O)CCOCCOCCNC(=O)CCN4C(=O)C=CC4=O)cc32)OC1(C)C. The fraction of sp³-hybridized carbons (Fsp3) is 0.375. The first kappa shape index (κ1) is 38.7. The summed E-state index contributed by atoms with van der Waals surface area (Å²) < 4.78 is 36.2. The van der Waals surface area contributed by atoms with E-state index in [-0.39, 0.29) is 69.9 Å². The smallest absolute Gasteiger partial charge is 0.494 e. The molecule has 1 unspecified atom stereocenters. The summed E-state index contributed by atoms with van der Waals surface area (Å²) in [5.41, 5.74) is 0.428. The molecule has 4 aliphatic rings. The van der Waals surface area contributed by atoms with E-state index in [9.17, 15) is 29.1 Å². The van der Waals surface area contributed by atoms with Gasteiger partial charge in [-0.1, -0.05) is 12.1 Å². The number of carbonyl (C=O) groups excluding carboxylic acids is 5. The third kappa shape index (κ3) is 7.40. The van der Waals surface area contributed by atoms with Crippen LogP contribution >= 0.6 is 0 Å². The molecule has 0 aromatic heterocycles. The molecule has 1 spiro atoms. The van der Waals surface area contributed by atoms with Crippen LogP contribution in [0.4, 0.5) is 5.69 Å². The van der Waals surface area contributed by atoms with Crippen molar-refractivity contribution in [3.05, 3.63) is 89.0 Å². The lowest BCUT2D eigenvalue weighted by Crippen LogP contribution is -2.41. The molecule has 3 aromatic carbocycles. The van der Waals surface area contributed by atoms with Crippen LogP contribution in [0.1, 0.15) is 67.6 Å². The van der Waals surface area contributed by atoms with Crippen LogP contribution in [0.15, 0.2) is 66.7 Å². The molecule has 292 valence electrons. The molecule has 4 amide bonds. The number of imide groups is 1. The van der Waals surface area contributed by atoms with Gasteiger partial charge in [-0.15, -0.1) is 0 Å². The first-order valence-electron chi connectivity index (χ1n) is 18.3. The van der Waals surface area contributed by atoms with Gasteiger partial charge < -0.3 is 44.0 Å². The number of nitrogens with one attached hydrogen (secondary N) is 2. The van der Waals surface area contributed by atoms with E-state index in [0.29, 0.717) is 44.9 Å². The van der Waals surface area contributed by atoms with Crippen molar-refractivity contribution in [2.75, 3.05) is 44.8 Å². The van der Waals surface area contributed by atoms with Crippen molar-refractivity contribution < 1.29 is 57.3 Å². The number of amides is 4. The number of phenols is 1. The number of ether oxygens (including phenoxy) is 4. The van der Waals surface area contributed by atoms with Crippen molar-refractivity contribution in [2.45, 2.75) is 57.3 Å². The highest BCUT2D eigenvalue weighted by Crippen LogP contribution is 2.56. The molecular formula is C40H42BN3O12. The average molecular weight is 768 g/mol. The van der Waals surface area contributed by atoms with Crippen molar-refractivity contribution in [1.82, 2.24) is 10.2 Å². The Balaban J connectivity index is 0.950. The van der Waals surface area contributed by atoms with Crippen LogP contribution in [0.2, 0.25) is 0 Å². The van der Waals surface area contributed by atoms with E-state index in [4.69, 9.17) is 28.3 Å². The number of fused-ring (bicyclic) bond motifs is 6. The molecule has 7 rings (SSSR count). The number of nitrogens with zero attached hydrogens (tertiary/aromatic N) is 1. The summed E-state index contributed by atoms with van der Waals surface area (Å²) in [6.07, 6.45) is 2.39. The maximum Gasteiger partial charge on any atom is 0.494 e. The van der Waals surface area contributed by atoms with Gasteiger partial charge in [0.2, 0.25) is 11.8 Å². The molecule has 1 atom stereocenters. The molecule has 1 fully saturated rings. The summed E-state index contributed by atoms with van der Waals surface area (Å²) in [7, 11) is -0.676. The second-order valence-electron chi connectivity index (χ2n) is 14.7. The topological polar surface area (TPSA) is 188 Å². The Morgan fingerprint density at radius 3 is 2.14 bits per heavy atom. The fourth-order valence-electron chi connectivity index (χ4n) is 6.86. The number of hydrogen-bond donors (Lipinski definition) is 3. The van der Waals surface area contributed by atoms with Gasteiger partial charge in [0.05, 0.1) is 49.6 Å². The Labute approximate surface area is 323 Å². The van der Waals surface area contributed by atoms with Gasteiger partial charge in [-0.25, -0.2) is 4.79 Å². The van der Waals surface area contributed by atoms with Crippen LogP contribution in [0.5, 0.6) is 17.2 Å². The highest BCUT2D eigenvalue weighted by molar-refractivity contribution is 6.62. The van der Waals surface area contributed by atoms with Crippen LogP contribution in [-0.4, -0.2) is 97.4 Å². The number of aromatic hydroxyl groups is 1. The van der Waals surface area contributed by atoms with Gasteiger partial charge in [0.25, 0.3) is 11.8 Å². The Bertz CT molecular complexity index is 2100. The quantitative estimate of drug-likeness (QED) is 0.0944. The first-order valence-corrected chi connectivity index (χ1v) is 18.3. The van der Waals surface area contributed by atoms with E-state index >= 15 is 0 Å². The van der Waals surface area contributed by atoms with Gasteiger partial charge in [-0.05, 0) is 69.6 Å². The number of esters is 1. The molecule has 0 bridgehead atoms. The predicted octanol–water partition coefficient (Wildman–Crippen LogP) is 3.05. The predicted molar refractivity (Wildman–Crippen MR) is 200 cm³/mol. The molecule has 15 nitrogen and oxygen atoms in total. The zero-order chi connectivity index (χ0) is 39.8. The van der Waals surface area contributed by atoms with Gasteiger partial charge in [-0.3, -0.25) is 24.1 Å². The van der Waals surface area contributed by atoms with Gasteiger partial charge in [0.1, 0.15) is 17.2 Å². The summed E-state index contributed by atoms with van der Waals surface area (Å²) in [6, 6.07) is 15.0. The highest BCUT2D eigenvalue weighted by atomic mass is 16.7.